The van der Waals surface area contributed by atoms with Crippen LogP contribution in [0, 0.1) is 25.7 Å². The third-order valence-corrected chi connectivity index (χ3v) is 9.45. The standard InChI is InChI=1S/C34H39N3O5/c1-4-33-15-8-17-35(22-25-11-6-5-7-12-25)30(39)27(33)28-31(40)37(19-10-20-38)29-32(41)36(18-9-16-34(28,29)42-33)26-21-23(2)13-14-24(26)3/h5-9,11-16,21,27-29,38H,4,10,17-20,22H2,1-3H3/t27-,28-,29?,33+,34-/m0/s1. The Morgan fingerprint density at radius 3 is 2.43 bits per heavy atom. The highest BCUT2D eigenvalue weighted by molar-refractivity contribution is 6.06. The molecule has 2 aromatic carbocycles. The van der Waals surface area contributed by atoms with Crippen molar-refractivity contribution in [1.29, 1.82) is 0 Å². The molecule has 0 radical (unpaired) electrons. The molecular formula is C34H39N3O5. The normalized spacial score (nSPS) is 30.3. The second kappa shape index (κ2) is 10.8. The number of hydrogen-bond acceptors (Lipinski definition) is 5. The summed E-state index contributed by atoms with van der Waals surface area (Å²) in [6.45, 7) is 7.18. The number of carbonyl (C=O) groups is 3. The molecule has 8 heteroatoms. The van der Waals surface area contributed by atoms with Crippen LogP contribution in [0.15, 0.2) is 72.8 Å². The van der Waals surface area contributed by atoms with Gasteiger partial charge in [-0.25, -0.2) is 0 Å². The number of benzene rings is 2. The highest BCUT2D eigenvalue weighted by atomic mass is 16.5. The smallest absolute Gasteiger partial charge is 0.253 e. The first-order chi connectivity index (χ1) is 20.3. The average molecular weight is 570 g/mol. The van der Waals surface area contributed by atoms with E-state index in [1.165, 1.54) is 0 Å². The van der Waals surface area contributed by atoms with E-state index in [9.17, 15) is 19.5 Å². The number of amides is 3. The molecule has 2 fully saturated rings. The Labute approximate surface area is 247 Å². The number of ether oxygens (including phenoxy) is 1. The van der Waals surface area contributed by atoms with Crippen LogP contribution < -0.4 is 4.90 Å². The van der Waals surface area contributed by atoms with Gasteiger partial charge in [0, 0.05) is 38.5 Å². The summed E-state index contributed by atoms with van der Waals surface area (Å²) in [7, 11) is 0. The summed E-state index contributed by atoms with van der Waals surface area (Å²) in [4.78, 5) is 48.7. The SMILES string of the molecule is CC[C@@]12C=CCN(Cc3ccccc3)C(=O)[C@@H]1[C@H]1C(=O)N(CCCO)C3C(=O)N(c4cc(C)ccc4C)CC=C[C@@]31O2. The van der Waals surface area contributed by atoms with Crippen LogP contribution in [0.3, 0.4) is 0 Å². The van der Waals surface area contributed by atoms with Crippen LogP contribution in [-0.4, -0.2) is 76.1 Å². The molecule has 220 valence electrons. The zero-order valence-electron chi connectivity index (χ0n) is 24.5. The van der Waals surface area contributed by atoms with Gasteiger partial charge >= 0.3 is 0 Å². The van der Waals surface area contributed by atoms with Gasteiger partial charge in [-0.3, -0.25) is 14.4 Å². The number of aryl methyl sites for hydroxylation is 2. The molecule has 42 heavy (non-hydrogen) atoms. The minimum Gasteiger partial charge on any atom is -0.396 e. The predicted octanol–water partition coefficient (Wildman–Crippen LogP) is 3.55. The van der Waals surface area contributed by atoms with E-state index in [-0.39, 0.29) is 30.9 Å². The number of hydrogen-bond donors (Lipinski definition) is 1. The molecule has 2 aromatic rings. The van der Waals surface area contributed by atoms with Gasteiger partial charge in [0.25, 0.3) is 5.91 Å². The highest BCUT2D eigenvalue weighted by Gasteiger charge is 2.75. The molecule has 4 heterocycles. The fourth-order valence-electron chi connectivity index (χ4n) is 7.46. The third-order valence-electron chi connectivity index (χ3n) is 9.45. The monoisotopic (exact) mass is 569 g/mol. The molecule has 0 saturated carbocycles. The molecule has 0 bridgehead atoms. The van der Waals surface area contributed by atoms with E-state index in [2.05, 4.69) is 0 Å². The van der Waals surface area contributed by atoms with Gasteiger partial charge in [-0.2, -0.15) is 0 Å². The summed E-state index contributed by atoms with van der Waals surface area (Å²) in [5, 5.41) is 9.70. The molecule has 5 atom stereocenters. The molecular weight excluding hydrogens is 530 g/mol. The highest BCUT2D eigenvalue weighted by Crippen LogP contribution is 2.58. The minimum atomic E-state index is -1.31. The largest absolute Gasteiger partial charge is 0.396 e. The van der Waals surface area contributed by atoms with Gasteiger partial charge in [0.05, 0.1) is 17.4 Å². The van der Waals surface area contributed by atoms with E-state index in [0.29, 0.717) is 32.5 Å². The summed E-state index contributed by atoms with van der Waals surface area (Å²) in [5.74, 6) is -2.29. The Bertz CT molecular complexity index is 1450. The first-order valence-corrected chi connectivity index (χ1v) is 14.9. The maximum absolute atomic E-state index is 14.6. The molecule has 4 aliphatic rings. The average Bonchev–Trinajstić information content (AvgIpc) is 3.28. The Morgan fingerprint density at radius 2 is 1.69 bits per heavy atom. The molecule has 3 amide bonds. The van der Waals surface area contributed by atoms with E-state index >= 15 is 0 Å². The van der Waals surface area contributed by atoms with Crippen molar-refractivity contribution in [2.75, 3.05) is 31.1 Å². The molecule has 1 N–H and O–H groups in total. The van der Waals surface area contributed by atoms with Crippen molar-refractivity contribution in [2.24, 2.45) is 11.8 Å². The van der Waals surface area contributed by atoms with E-state index in [1.54, 1.807) is 14.7 Å². The third kappa shape index (κ3) is 4.31. The lowest BCUT2D eigenvalue weighted by Crippen LogP contribution is -2.56. The van der Waals surface area contributed by atoms with E-state index in [1.807, 2.05) is 93.6 Å². The number of rotatable bonds is 7. The lowest BCUT2D eigenvalue weighted by Gasteiger charge is -2.38. The number of aliphatic hydroxyl groups excluding tert-OH is 1. The quantitative estimate of drug-likeness (QED) is 0.516. The summed E-state index contributed by atoms with van der Waals surface area (Å²) < 4.78 is 7.04. The Morgan fingerprint density at radius 1 is 0.929 bits per heavy atom. The van der Waals surface area contributed by atoms with Gasteiger partial charge in [0.1, 0.15) is 11.6 Å². The van der Waals surface area contributed by atoms with Crippen LogP contribution in [0.1, 0.15) is 36.5 Å². The second-order valence-electron chi connectivity index (χ2n) is 12.0. The van der Waals surface area contributed by atoms with Gasteiger partial charge in [-0.1, -0.05) is 73.7 Å². The molecule has 4 aliphatic heterocycles. The van der Waals surface area contributed by atoms with Crippen molar-refractivity contribution in [2.45, 2.75) is 57.4 Å². The second-order valence-corrected chi connectivity index (χ2v) is 12.0. The maximum atomic E-state index is 14.6. The van der Waals surface area contributed by atoms with Crippen LogP contribution in [0.2, 0.25) is 0 Å². The zero-order valence-corrected chi connectivity index (χ0v) is 24.5. The minimum absolute atomic E-state index is 0.116. The summed E-state index contributed by atoms with van der Waals surface area (Å²) in [6, 6.07) is 14.9. The van der Waals surface area contributed by atoms with Crippen molar-refractivity contribution >= 4 is 23.4 Å². The topological polar surface area (TPSA) is 90.4 Å². The Balaban J connectivity index is 1.46. The van der Waals surface area contributed by atoms with E-state index in [4.69, 9.17) is 4.74 Å². The fraction of sp³-hybridized carbons (Fsp3) is 0.441. The molecule has 2 saturated heterocycles. The van der Waals surface area contributed by atoms with Gasteiger partial charge < -0.3 is 24.5 Å². The lowest BCUT2D eigenvalue weighted by atomic mass is 9.73. The van der Waals surface area contributed by atoms with Gasteiger partial charge in [0.15, 0.2) is 0 Å². The number of fused-ring (bicyclic) bond motifs is 2. The molecule has 1 spiro atoms. The molecule has 1 unspecified atom stereocenters. The number of anilines is 1. The maximum Gasteiger partial charge on any atom is 0.253 e. The van der Waals surface area contributed by atoms with Gasteiger partial charge in [-0.05, 0) is 49.4 Å². The summed E-state index contributed by atoms with van der Waals surface area (Å²) in [5.41, 5.74) is 1.45. The van der Waals surface area contributed by atoms with Crippen molar-refractivity contribution < 1.29 is 24.2 Å². The Hall–Kier alpha value is -3.75. The Kier molecular flexibility index (Phi) is 7.31. The van der Waals surface area contributed by atoms with Gasteiger partial charge in [0.2, 0.25) is 11.8 Å². The van der Waals surface area contributed by atoms with Crippen molar-refractivity contribution in [1.82, 2.24) is 9.80 Å². The zero-order chi connectivity index (χ0) is 29.6. The molecule has 0 aliphatic carbocycles. The van der Waals surface area contributed by atoms with E-state index < -0.39 is 29.1 Å². The predicted molar refractivity (Wildman–Crippen MR) is 159 cm³/mol. The van der Waals surface area contributed by atoms with Crippen LogP contribution in [0.25, 0.3) is 0 Å². The van der Waals surface area contributed by atoms with E-state index in [0.717, 1.165) is 22.4 Å². The van der Waals surface area contributed by atoms with Crippen LogP contribution in [0.5, 0.6) is 0 Å². The van der Waals surface area contributed by atoms with Crippen molar-refractivity contribution in [3.63, 3.8) is 0 Å². The van der Waals surface area contributed by atoms with Crippen LogP contribution in [-0.2, 0) is 25.7 Å². The fourth-order valence-corrected chi connectivity index (χ4v) is 7.46. The summed E-state index contributed by atoms with van der Waals surface area (Å²) >= 11 is 0. The van der Waals surface area contributed by atoms with Crippen LogP contribution >= 0.6 is 0 Å². The number of nitrogens with zero attached hydrogens (tertiary/aromatic N) is 3. The van der Waals surface area contributed by atoms with Crippen molar-refractivity contribution in [3.8, 4) is 0 Å². The molecule has 0 aromatic heterocycles. The molecule has 8 nitrogen and oxygen atoms in total. The number of likely N-dealkylation sites (tertiary alicyclic amines) is 1. The van der Waals surface area contributed by atoms with Gasteiger partial charge in [-0.15, -0.1) is 0 Å². The summed E-state index contributed by atoms with van der Waals surface area (Å²) in [6.07, 6.45) is 8.54. The first kappa shape index (κ1) is 28.4. The lowest BCUT2D eigenvalue weighted by molar-refractivity contribution is -0.150. The van der Waals surface area contributed by atoms with Crippen molar-refractivity contribution in [3.05, 3.63) is 89.5 Å². The molecule has 6 rings (SSSR count). The first-order valence-electron chi connectivity index (χ1n) is 14.9. The number of aliphatic hydroxyl groups is 1. The number of carbonyl (C=O) groups excluding carboxylic acids is 3. The van der Waals surface area contributed by atoms with Crippen LogP contribution in [0.4, 0.5) is 5.69 Å².